The van der Waals surface area contributed by atoms with E-state index in [-0.39, 0.29) is 10.8 Å². The number of rotatable bonds is 3. The van der Waals surface area contributed by atoms with E-state index in [9.17, 15) is 0 Å². The lowest BCUT2D eigenvalue weighted by Gasteiger charge is -2.40. The Morgan fingerprint density at radius 1 is 0.278 bits per heavy atom. The maximum Gasteiger partial charge on any atom is 0.0159 e. The second-order valence-corrected chi connectivity index (χ2v) is 16.5. The summed E-state index contributed by atoms with van der Waals surface area (Å²) in [7, 11) is 0. The van der Waals surface area contributed by atoms with Crippen molar-refractivity contribution in [1.29, 1.82) is 0 Å². The molecular weight excluding hydrogens is 649 g/mol. The lowest BCUT2D eigenvalue weighted by atomic mass is 9.62. The van der Waals surface area contributed by atoms with Gasteiger partial charge in [0, 0.05) is 10.8 Å². The van der Waals surface area contributed by atoms with Crippen LogP contribution in [0.15, 0.2) is 170 Å². The molecule has 9 aromatic rings. The Kier molecular flexibility index (Phi) is 6.46. The Labute approximate surface area is 317 Å². The maximum absolute atomic E-state index is 2.46. The van der Waals surface area contributed by atoms with Crippen molar-refractivity contribution in [3.63, 3.8) is 0 Å². The maximum atomic E-state index is 2.46. The summed E-state index contributed by atoms with van der Waals surface area (Å²) in [6.07, 6.45) is 0. The normalized spacial score (nSPS) is 14.6. The molecule has 0 radical (unpaired) electrons. The molecular formula is C54H40. The quantitative estimate of drug-likeness (QED) is 0.173. The number of hydrogen-bond donors (Lipinski definition) is 0. The van der Waals surface area contributed by atoms with Gasteiger partial charge in [-0.2, -0.15) is 0 Å². The van der Waals surface area contributed by atoms with Crippen molar-refractivity contribution in [2.24, 2.45) is 0 Å². The lowest BCUT2D eigenvalue weighted by Crippen LogP contribution is -2.28. The second-order valence-electron chi connectivity index (χ2n) is 16.5. The minimum atomic E-state index is -0.164. The zero-order chi connectivity index (χ0) is 36.3. The molecule has 256 valence electrons. The smallest absolute Gasteiger partial charge is 0.0159 e. The minimum absolute atomic E-state index is 0.154. The van der Waals surface area contributed by atoms with Crippen molar-refractivity contribution in [1.82, 2.24) is 0 Å². The molecule has 0 aromatic heterocycles. The molecule has 9 aromatic carbocycles. The zero-order valence-corrected chi connectivity index (χ0v) is 31.2. The van der Waals surface area contributed by atoms with Gasteiger partial charge in [0.1, 0.15) is 0 Å². The first kappa shape index (κ1) is 31.3. The molecule has 0 heterocycles. The second kappa shape index (κ2) is 11.1. The summed E-state index contributed by atoms with van der Waals surface area (Å²) in [5.41, 5.74) is 18.3. The average Bonchev–Trinajstić information content (AvgIpc) is 3.21. The summed E-state index contributed by atoms with van der Waals surface area (Å²) in [5.74, 6) is 0. The molecule has 11 rings (SSSR count). The Hall–Kier alpha value is -6.24. The van der Waals surface area contributed by atoms with Crippen LogP contribution in [0.3, 0.4) is 0 Å². The van der Waals surface area contributed by atoms with Crippen molar-refractivity contribution in [3.8, 4) is 55.6 Å². The van der Waals surface area contributed by atoms with Crippen molar-refractivity contribution < 1.29 is 0 Å². The van der Waals surface area contributed by atoms with Crippen LogP contribution in [-0.4, -0.2) is 0 Å². The number of hydrogen-bond acceptors (Lipinski definition) is 0. The standard InChI is InChI=1S/C54H40/c1-53(2)47-28-29-48-52-46(44-25-23-40(32-50(44)54(48,3)4)38-21-18-33-10-5-6-12-37(33)30-38)27-26-45(51(47)52)43-24-22-39(31-49(43)53)34-16-19-36(20-17-34)42-15-9-13-35-11-7-8-14-41(35)42/h5-32H,1-4H3. The molecule has 0 bridgehead atoms. The summed E-state index contributed by atoms with van der Waals surface area (Å²) in [5, 5.41) is 7.97. The average molecular weight is 689 g/mol. The topological polar surface area (TPSA) is 0 Å². The third-order valence-corrected chi connectivity index (χ3v) is 12.9. The Morgan fingerprint density at radius 3 is 1.39 bits per heavy atom. The van der Waals surface area contributed by atoms with Gasteiger partial charge in [0.2, 0.25) is 0 Å². The Morgan fingerprint density at radius 2 is 0.741 bits per heavy atom. The predicted octanol–water partition coefficient (Wildman–Crippen LogP) is 14.8. The molecule has 0 atom stereocenters. The van der Waals surface area contributed by atoms with Gasteiger partial charge in [-0.15, -0.1) is 0 Å². The van der Waals surface area contributed by atoms with E-state index >= 15 is 0 Å². The first-order chi connectivity index (χ1) is 26.3. The summed E-state index contributed by atoms with van der Waals surface area (Å²) in [4.78, 5) is 0. The third-order valence-electron chi connectivity index (χ3n) is 12.9. The van der Waals surface area contributed by atoms with E-state index in [1.165, 1.54) is 110 Å². The van der Waals surface area contributed by atoms with Crippen LogP contribution in [0.2, 0.25) is 0 Å². The van der Waals surface area contributed by atoms with E-state index in [2.05, 4.69) is 198 Å². The molecule has 2 aliphatic rings. The van der Waals surface area contributed by atoms with Gasteiger partial charge in [-0.1, -0.05) is 179 Å². The van der Waals surface area contributed by atoms with Crippen molar-refractivity contribution >= 4 is 32.3 Å². The molecule has 0 fully saturated rings. The Balaban J connectivity index is 1.02. The molecule has 0 spiro atoms. The molecule has 0 amide bonds. The first-order valence-corrected chi connectivity index (χ1v) is 19.3. The summed E-state index contributed by atoms with van der Waals surface area (Å²) in [6.45, 7) is 9.68. The lowest BCUT2D eigenvalue weighted by molar-refractivity contribution is 0.633. The van der Waals surface area contributed by atoms with Crippen LogP contribution < -0.4 is 0 Å². The molecule has 0 heteroatoms. The molecule has 54 heavy (non-hydrogen) atoms. The fourth-order valence-corrected chi connectivity index (χ4v) is 9.92. The van der Waals surface area contributed by atoms with Gasteiger partial charge in [0.15, 0.2) is 0 Å². The monoisotopic (exact) mass is 688 g/mol. The highest BCUT2D eigenvalue weighted by atomic mass is 14.4. The Bertz CT molecular complexity index is 3020. The molecule has 0 aliphatic heterocycles. The fourth-order valence-electron chi connectivity index (χ4n) is 9.92. The highest BCUT2D eigenvalue weighted by Gasteiger charge is 2.39. The van der Waals surface area contributed by atoms with Crippen LogP contribution in [0.1, 0.15) is 49.9 Å². The van der Waals surface area contributed by atoms with Gasteiger partial charge in [-0.25, -0.2) is 0 Å². The van der Waals surface area contributed by atoms with Crippen LogP contribution in [0.4, 0.5) is 0 Å². The number of fused-ring (bicyclic) bond motifs is 6. The molecule has 0 unspecified atom stereocenters. The van der Waals surface area contributed by atoms with Crippen molar-refractivity contribution in [3.05, 3.63) is 192 Å². The van der Waals surface area contributed by atoms with Crippen LogP contribution in [0, 0.1) is 0 Å². The van der Waals surface area contributed by atoms with Crippen LogP contribution in [0.5, 0.6) is 0 Å². The van der Waals surface area contributed by atoms with Crippen LogP contribution >= 0.6 is 0 Å². The van der Waals surface area contributed by atoms with Gasteiger partial charge in [0.25, 0.3) is 0 Å². The number of benzene rings is 9. The van der Waals surface area contributed by atoms with Gasteiger partial charge >= 0.3 is 0 Å². The SMILES string of the molecule is CC1(C)c2cc(-c3ccc(-c4cccc5ccccc45)cc3)ccc2-c2ccc3c4c(ccc1c24)C(C)(C)c1cc(-c2ccc4ccccc4c2)ccc1-3. The van der Waals surface area contributed by atoms with Crippen molar-refractivity contribution in [2.75, 3.05) is 0 Å². The third kappa shape index (κ3) is 4.37. The van der Waals surface area contributed by atoms with E-state index < -0.39 is 0 Å². The van der Waals surface area contributed by atoms with Gasteiger partial charge < -0.3 is 0 Å². The van der Waals surface area contributed by atoms with Gasteiger partial charge in [-0.3, -0.25) is 0 Å². The van der Waals surface area contributed by atoms with E-state index in [1.54, 1.807) is 0 Å². The van der Waals surface area contributed by atoms with E-state index in [0.717, 1.165) is 0 Å². The predicted molar refractivity (Wildman–Crippen MR) is 230 cm³/mol. The van der Waals surface area contributed by atoms with E-state index in [4.69, 9.17) is 0 Å². The van der Waals surface area contributed by atoms with Crippen LogP contribution in [0.25, 0.3) is 88.0 Å². The molecule has 0 N–H and O–H groups in total. The molecule has 0 nitrogen and oxygen atoms in total. The molecule has 0 saturated heterocycles. The first-order valence-electron chi connectivity index (χ1n) is 19.3. The summed E-state index contributed by atoms with van der Waals surface area (Å²) < 4.78 is 0. The summed E-state index contributed by atoms with van der Waals surface area (Å²) >= 11 is 0. The fraction of sp³-hybridized carbons (Fsp3) is 0.111. The largest absolute Gasteiger partial charge is 0.0616 e. The minimum Gasteiger partial charge on any atom is -0.0616 e. The van der Waals surface area contributed by atoms with Crippen LogP contribution in [-0.2, 0) is 10.8 Å². The van der Waals surface area contributed by atoms with Gasteiger partial charge in [-0.05, 0) is 128 Å². The molecule has 0 saturated carbocycles. The highest BCUT2D eigenvalue weighted by Crippen LogP contribution is 2.56. The van der Waals surface area contributed by atoms with Crippen molar-refractivity contribution in [2.45, 2.75) is 38.5 Å². The van der Waals surface area contributed by atoms with Gasteiger partial charge in [0.05, 0.1) is 0 Å². The van der Waals surface area contributed by atoms with E-state index in [0.29, 0.717) is 0 Å². The van der Waals surface area contributed by atoms with E-state index in [1.807, 2.05) is 0 Å². The highest BCUT2D eigenvalue weighted by molar-refractivity contribution is 6.13. The summed E-state index contributed by atoms with van der Waals surface area (Å²) in [6, 6.07) is 63.9. The molecule has 2 aliphatic carbocycles. The zero-order valence-electron chi connectivity index (χ0n) is 31.2.